The predicted molar refractivity (Wildman–Crippen MR) is 144 cm³/mol. The highest BCUT2D eigenvalue weighted by molar-refractivity contribution is 7.61. The highest BCUT2D eigenvalue weighted by Gasteiger charge is 2.53. The van der Waals surface area contributed by atoms with Crippen molar-refractivity contribution in [3.8, 4) is 0 Å². The molecule has 2 aromatic heterocycles. The highest BCUT2D eigenvalue weighted by Crippen LogP contribution is 2.61. The van der Waals surface area contributed by atoms with Crippen LogP contribution < -0.4 is 11.3 Å². The Morgan fingerprint density at radius 2 is 1.64 bits per heavy atom. The van der Waals surface area contributed by atoms with Gasteiger partial charge >= 0.3 is 33.6 Å². The highest BCUT2D eigenvalue weighted by atomic mass is 31.3. The number of phosphoric acid groups is 2. The van der Waals surface area contributed by atoms with Crippen LogP contribution in [0.25, 0.3) is 11.2 Å². The fourth-order valence-electron chi connectivity index (χ4n) is 4.70. The minimum Gasteiger partial charge on any atom is -0.456 e. The molecule has 0 aliphatic carbocycles. The van der Waals surface area contributed by atoms with Gasteiger partial charge in [0.25, 0.3) is 5.56 Å². The van der Waals surface area contributed by atoms with E-state index >= 15 is 0 Å². The lowest BCUT2D eigenvalue weighted by Gasteiger charge is -2.43. The molecule has 4 rings (SSSR count). The minimum absolute atomic E-state index is 0.0211. The first-order valence-corrected chi connectivity index (χ1v) is 16.2. The Kier molecular flexibility index (Phi) is 10.5. The molecule has 0 spiro atoms. The number of nitrogens with zero attached hydrogens (tertiary/aromatic N) is 3. The number of carbonyl (C=O) groups excluding carboxylic acids is 3. The first-order valence-electron chi connectivity index (χ1n) is 13.2. The molecule has 21 nitrogen and oxygen atoms in total. The predicted octanol–water partition coefficient (Wildman–Crippen LogP) is 0.170. The first-order chi connectivity index (χ1) is 20.9. The molecule has 4 heterocycles. The van der Waals surface area contributed by atoms with E-state index in [4.69, 9.17) is 38.5 Å². The summed E-state index contributed by atoms with van der Waals surface area (Å²) in [6, 6.07) is 0. The van der Waals surface area contributed by atoms with Gasteiger partial charge in [0.05, 0.1) is 25.1 Å². The van der Waals surface area contributed by atoms with Gasteiger partial charge in [0, 0.05) is 20.8 Å². The number of H-pyrrole nitrogens is 1. The van der Waals surface area contributed by atoms with Crippen LogP contribution in [0.2, 0.25) is 0 Å². The lowest BCUT2D eigenvalue weighted by molar-refractivity contribution is -0.283. The van der Waals surface area contributed by atoms with E-state index < -0.39 is 88.8 Å². The van der Waals surface area contributed by atoms with Gasteiger partial charge < -0.3 is 39.2 Å². The fraction of sp³-hybridized carbons (Fsp3) is 0.636. The van der Waals surface area contributed by atoms with E-state index in [9.17, 15) is 38.1 Å². The number of nitrogens with two attached hydrogens (primary N) is 1. The van der Waals surface area contributed by atoms with Gasteiger partial charge in [0.1, 0.15) is 6.23 Å². The zero-order valence-corrected chi connectivity index (χ0v) is 26.0. The fourth-order valence-corrected chi connectivity index (χ4v) is 6.88. The van der Waals surface area contributed by atoms with Crippen LogP contribution in [0.1, 0.15) is 46.8 Å². The van der Waals surface area contributed by atoms with Crippen LogP contribution in [0.15, 0.2) is 11.1 Å². The van der Waals surface area contributed by atoms with Crippen LogP contribution in [0.5, 0.6) is 0 Å². The number of aromatic amines is 1. The third-order valence-corrected chi connectivity index (χ3v) is 8.95. The molecule has 0 amide bonds. The van der Waals surface area contributed by atoms with Gasteiger partial charge in [-0.15, -0.1) is 0 Å². The summed E-state index contributed by atoms with van der Waals surface area (Å²) in [5, 5.41) is 0. The quantitative estimate of drug-likeness (QED) is 0.139. The molecule has 0 radical (unpaired) electrons. The molecule has 2 fully saturated rings. The normalized spacial score (nSPS) is 29.4. The summed E-state index contributed by atoms with van der Waals surface area (Å²) in [6.07, 6.45) is -7.46. The number of ether oxygens (including phenoxy) is 5. The number of aromatic nitrogens is 4. The Balaban J connectivity index is 1.40. The molecule has 5 N–H and O–H groups in total. The van der Waals surface area contributed by atoms with Gasteiger partial charge in [0.2, 0.25) is 12.2 Å². The summed E-state index contributed by atoms with van der Waals surface area (Å²) in [4.78, 5) is 78.1. The summed E-state index contributed by atoms with van der Waals surface area (Å²) >= 11 is 0. The van der Waals surface area contributed by atoms with Gasteiger partial charge in [0.15, 0.2) is 29.5 Å². The summed E-state index contributed by atoms with van der Waals surface area (Å²) in [5.41, 5.74) is 5.22. The SMILES string of the molecule is CC(=O)O[C@@H]1[C@H](OC(C)=O)[C@@H](OP(=O)(O)OP(=O)(O)OC[C@@H]2CC[C@H](n3cnc4c(=O)[nH]c(N)nc43)O2)O[C@H](C)[C@H]1OC(C)=O. The van der Waals surface area contributed by atoms with Crippen LogP contribution in [0.3, 0.4) is 0 Å². The van der Waals surface area contributed by atoms with E-state index in [1.165, 1.54) is 17.8 Å². The Labute approximate surface area is 253 Å². The van der Waals surface area contributed by atoms with Gasteiger partial charge in [-0.25, -0.2) is 14.1 Å². The Bertz CT molecular complexity index is 1600. The Morgan fingerprint density at radius 1 is 1.02 bits per heavy atom. The van der Waals surface area contributed by atoms with Crippen molar-refractivity contribution in [3.63, 3.8) is 0 Å². The molecular weight excluding hydrogens is 652 g/mol. The minimum atomic E-state index is -5.56. The largest absolute Gasteiger partial charge is 0.483 e. The van der Waals surface area contributed by atoms with Gasteiger partial charge in [-0.2, -0.15) is 9.29 Å². The Morgan fingerprint density at radius 3 is 2.29 bits per heavy atom. The maximum atomic E-state index is 12.8. The van der Waals surface area contributed by atoms with Crippen molar-refractivity contribution in [3.05, 3.63) is 16.7 Å². The molecule has 0 bridgehead atoms. The van der Waals surface area contributed by atoms with Gasteiger partial charge in [-0.3, -0.25) is 37.8 Å². The van der Waals surface area contributed by atoms with E-state index in [0.29, 0.717) is 6.42 Å². The Hall–Kier alpha value is -3.26. The molecule has 9 atom stereocenters. The van der Waals surface area contributed by atoms with Crippen molar-refractivity contribution in [2.24, 2.45) is 0 Å². The number of rotatable bonds is 11. The molecule has 2 aliphatic heterocycles. The number of phosphoric ester groups is 2. The zero-order valence-electron chi connectivity index (χ0n) is 24.2. The van der Waals surface area contributed by atoms with E-state index in [1.807, 2.05) is 0 Å². The topological polar surface area (TPSA) is 289 Å². The number of fused-ring (bicyclic) bond motifs is 1. The molecule has 2 aliphatic rings. The van der Waals surface area contributed by atoms with Crippen molar-refractivity contribution in [2.75, 3.05) is 12.3 Å². The summed E-state index contributed by atoms with van der Waals surface area (Å²) in [5.74, 6) is -2.82. The number of imidazole rings is 1. The van der Waals surface area contributed by atoms with E-state index in [1.54, 1.807) is 0 Å². The van der Waals surface area contributed by atoms with Crippen molar-refractivity contribution in [1.29, 1.82) is 0 Å². The summed E-state index contributed by atoms with van der Waals surface area (Å²) in [6.45, 7) is 3.77. The average Bonchev–Trinajstić information content (AvgIpc) is 3.53. The number of nitrogens with one attached hydrogen (secondary N) is 1. The maximum absolute atomic E-state index is 12.8. The second-order valence-electron chi connectivity index (χ2n) is 9.92. The van der Waals surface area contributed by atoms with Gasteiger partial charge in [-0.1, -0.05) is 0 Å². The monoisotopic (exact) mass is 683 g/mol. The molecule has 2 aromatic rings. The van der Waals surface area contributed by atoms with Crippen molar-refractivity contribution < 1.29 is 70.3 Å². The molecule has 250 valence electrons. The van der Waals surface area contributed by atoms with Crippen LogP contribution in [-0.4, -0.2) is 90.6 Å². The molecule has 23 heteroatoms. The molecule has 0 aromatic carbocycles. The van der Waals surface area contributed by atoms with Crippen LogP contribution in [0, 0.1) is 0 Å². The maximum Gasteiger partial charge on any atom is 0.483 e. The van der Waals surface area contributed by atoms with Gasteiger partial charge in [-0.05, 0) is 19.8 Å². The smallest absolute Gasteiger partial charge is 0.456 e. The van der Waals surface area contributed by atoms with Crippen molar-refractivity contribution in [2.45, 2.75) is 83.6 Å². The van der Waals surface area contributed by atoms with Crippen molar-refractivity contribution in [1.82, 2.24) is 19.5 Å². The number of esters is 3. The van der Waals surface area contributed by atoms with Crippen molar-refractivity contribution >= 4 is 50.7 Å². The number of carbonyl (C=O) groups is 3. The third-order valence-electron chi connectivity index (χ3n) is 6.35. The van der Waals surface area contributed by atoms with E-state index in [2.05, 4.69) is 19.3 Å². The number of hydrogen-bond donors (Lipinski definition) is 4. The van der Waals surface area contributed by atoms with E-state index in [0.717, 1.165) is 20.8 Å². The lowest BCUT2D eigenvalue weighted by atomic mass is 9.99. The number of hydrogen-bond acceptors (Lipinski definition) is 17. The van der Waals surface area contributed by atoms with Crippen LogP contribution in [0.4, 0.5) is 5.95 Å². The standard InChI is InChI=1S/C22H31N5O16P2/c1-9-16(38-10(2)28)17(39-11(3)29)18(40-12(4)30)21(37-9)42-45(34,35)43-44(32,33)36-7-13-5-6-14(41-13)27-8-24-15-19(27)25-22(23)26-20(15)31/h8-9,13-14,16-18,21H,5-7H2,1-4H3,(H,32,33)(H,34,35)(H3,23,25,26,31)/t9-,13+,14-,16-,17+,18+,21-/m1/s1. The second-order valence-corrected chi connectivity index (χ2v) is 12.9. The zero-order chi connectivity index (χ0) is 33.3. The molecular formula is C22H31N5O16P2. The second kappa shape index (κ2) is 13.6. The number of anilines is 1. The van der Waals surface area contributed by atoms with E-state index in [-0.39, 0.29) is 23.5 Å². The lowest BCUT2D eigenvalue weighted by Crippen LogP contribution is -2.61. The number of nitrogen functional groups attached to an aromatic ring is 1. The average molecular weight is 683 g/mol. The molecule has 45 heavy (non-hydrogen) atoms. The summed E-state index contributed by atoms with van der Waals surface area (Å²) in [7, 11) is -10.9. The molecule has 2 saturated heterocycles. The summed E-state index contributed by atoms with van der Waals surface area (Å²) < 4.78 is 67.7. The van der Waals surface area contributed by atoms with Crippen LogP contribution in [-0.2, 0) is 60.6 Å². The van der Waals surface area contributed by atoms with Crippen LogP contribution >= 0.6 is 15.6 Å². The third kappa shape index (κ3) is 8.72. The first kappa shape index (κ1) is 34.6. The molecule has 0 saturated carbocycles. The molecule has 2 unspecified atom stereocenters.